The van der Waals surface area contributed by atoms with Gasteiger partial charge in [-0.3, -0.25) is 13.9 Å². The average Bonchev–Trinajstić information content (AvgIpc) is 2.98. The lowest BCUT2D eigenvalue weighted by Gasteiger charge is -2.34. The third kappa shape index (κ3) is 8.96. The second kappa shape index (κ2) is 15.1. The van der Waals surface area contributed by atoms with Crippen molar-refractivity contribution in [1.29, 1.82) is 0 Å². The molecule has 236 valence electrons. The van der Waals surface area contributed by atoms with Crippen molar-refractivity contribution >= 4 is 55.1 Å². The Hall–Kier alpha value is -3.66. The molecule has 0 saturated heterocycles. The van der Waals surface area contributed by atoms with E-state index in [9.17, 15) is 18.0 Å². The lowest BCUT2D eigenvalue weighted by Crippen LogP contribution is -2.54. The Balaban J connectivity index is 1.83. The minimum atomic E-state index is -4.20. The summed E-state index contributed by atoms with van der Waals surface area (Å²) < 4.78 is 30.4. The predicted octanol–water partition coefficient (Wildman–Crippen LogP) is 7.08. The van der Waals surface area contributed by atoms with Crippen molar-refractivity contribution in [2.75, 3.05) is 10.8 Å². The van der Waals surface area contributed by atoms with E-state index in [0.29, 0.717) is 16.3 Å². The highest BCUT2D eigenvalue weighted by Crippen LogP contribution is 2.30. The van der Waals surface area contributed by atoms with Gasteiger partial charge in [0, 0.05) is 28.5 Å². The van der Waals surface area contributed by atoms with Crippen molar-refractivity contribution in [3.63, 3.8) is 0 Å². The molecular formula is C35H37BrClN3O4S. The van der Waals surface area contributed by atoms with Gasteiger partial charge in [-0.15, -0.1) is 0 Å². The van der Waals surface area contributed by atoms with E-state index in [1.54, 1.807) is 37.3 Å². The van der Waals surface area contributed by atoms with Gasteiger partial charge in [0.15, 0.2) is 0 Å². The van der Waals surface area contributed by atoms with Gasteiger partial charge in [0.2, 0.25) is 11.8 Å². The number of nitrogens with one attached hydrogen (secondary N) is 1. The van der Waals surface area contributed by atoms with Crippen LogP contribution in [0.2, 0.25) is 5.02 Å². The van der Waals surface area contributed by atoms with Crippen molar-refractivity contribution < 1.29 is 18.0 Å². The van der Waals surface area contributed by atoms with Gasteiger partial charge < -0.3 is 10.2 Å². The van der Waals surface area contributed by atoms with Gasteiger partial charge in [0.05, 0.1) is 10.6 Å². The van der Waals surface area contributed by atoms with E-state index in [1.807, 2.05) is 75.4 Å². The van der Waals surface area contributed by atoms with Crippen LogP contribution in [0, 0.1) is 13.8 Å². The van der Waals surface area contributed by atoms with Crippen molar-refractivity contribution in [1.82, 2.24) is 10.2 Å². The number of hydrogen-bond acceptors (Lipinski definition) is 4. The molecule has 4 aromatic rings. The number of rotatable bonds is 12. The maximum Gasteiger partial charge on any atom is 0.264 e. The number of nitrogens with zero attached hydrogens (tertiary/aromatic N) is 2. The molecule has 0 aromatic heterocycles. The highest BCUT2D eigenvalue weighted by atomic mass is 79.9. The van der Waals surface area contributed by atoms with Crippen LogP contribution in [0.3, 0.4) is 0 Å². The molecule has 0 aliphatic carbocycles. The summed E-state index contributed by atoms with van der Waals surface area (Å²) in [6.07, 6.45) is 0.240. The quantitative estimate of drug-likeness (QED) is 0.170. The van der Waals surface area contributed by atoms with E-state index in [-0.39, 0.29) is 29.8 Å². The number of sulfonamides is 1. The summed E-state index contributed by atoms with van der Waals surface area (Å²) in [5.41, 5.74) is 3.46. The van der Waals surface area contributed by atoms with E-state index in [1.165, 1.54) is 17.0 Å². The number of amides is 2. The zero-order valence-electron chi connectivity index (χ0n) is 25.7. The number of aryl methyl sites for hydroxylation is 2. The molecule has 1 N–H and O–H groups in total. The smallest absolute Gasteiger partial charge is 0.264 e. The summed E-state index contributed by atoms with van der Waals surface area (Å²) in [4.78, 5) is 29.9. The summed E-state index contributed by atoms with van der Waals surface area (Å²) in [6.45, 7) is 6.88. The van der Waals surface area contributed by atoms with Crippen LogP contribution in [0.4, 0.5) is 5.69 Å². The molecule has 0 aliphatic rings. The number of anilines is 1. The summed E-state index contributed by atoms with van der Waals surface area (Å²) in [5, 5.41) is 3.41. The van der Waals surface area contributed by atoms with Crippen LogP contribution in [0.5, 0.6) is 0 Å². The van der Waals surface area contributed by atoms with Crippen molar-refractivity contribution in [2.24, 2.45) is 0 Å². The fraction of sp³-hybridized carbons (Fsp3) is 0.257. The van der Waals surface area contributed by atoms with Gasteiger partial charge in [0.25, 0.3) is 10.0 Å². The van der Waals surface area contributed by atoms with E-state index in [4.69, 9.17) is 11.6 Å². The highest BCUT2D eigenvalue weighted by molar-refractivity contribution is 9.10. The van der Waals surface area contributed by atoms with Crippen LogP contribution in [0.15, 0.2) is 106 Å². The van der Waals surface area contributed by atoms with Gasteiger partial charge >= 0.3 is 0 Å². The average molecular weight is 711 g/mol. The van der Waals surface area contributed by atoms with Gasteiger partial charge in [-0.2, -0.15) is 0 Å². The first-order valence-corrected chi connectivity index (χ1v) is 17.2. The second-order valence-corrected chi connectivity index (χ2v) is 14.5. The van der Waals surface area contributed by atoms with Crippen LogP contribution in [-0.4, -0.2) is 43.8 Å². The summed E-state index contributed by atoms with van der Waals surface area (Å²) in [5.74, 6) is -0.854. The van der Waals surface area contributed by atoms with Gasteiger partial charge in [-0.05, 0) is 86.8 Å². The van der Waals surface area contributed by atoms with Crippen LogP contribution in [-0.2, 0) is 32.6 Å². The number of benzene rings is 4. The van der Waals surface area contributed by atoms with E-state index < -0.39 is 28.5 Å². The molecule has 2 amide bonds. The Labute approximate surface area is 279 Å². The molecule has 0 fully saturated rings. The third-order valence-electron chi connectivity index (χ3n) is 7.26. The molecule has 0 unspecified atom stereocenters. The van der Waals surface area contributed by atoms with Crippen LogP contribution < -0.4 is 9.62 Å². The standard InChI is InChI=1S/C35H37BrClN3O4S/c1-24(2)38-35(42)33(21-27-9-6-5-7-10-27)39(22-28-11-8-12-29(36)20-28)34(41)23-40(32-18-15-30(37)19-26(32)4)45(43,44)31-16-13-25(3)14-17-31/h5-20,24,33H,21-23H2,1-4H3,(H,38,42)/t33-/m1/s1. The lowest BCUT2D eigenvalue weighted by atomic mass is 10.0. The maximum absolute atomic E-state index is 14.6. The Kier molecular flexibility index (Phi) is 11.5. The monoisotopic (exact) mass is 709 g/mol. The maximum atomic E-state index is 14.6. The fourth-order valence-corrected chi connectivity index (χ4v) is 7.17. The number of carbonyl (C=O) groups excluding carboxylic acids is 2. The first kappa shape index (κ1) is 34.2. The van der Waals surface area contributed by atoms with Gasteiger partial charge in [0.1, 0.15) is 12.6 Å². The van der Waals surface area contributed by atoms with Crippen molar-refractivity contribution in [3.8, 4) is 0 Å². The molecule has 0 bridgehead atoms. The molecule has 45 heavy (non-hydrogen) atoms. The van der Waals surface area contributed by atoms with Crippen LogP contribution in [0.1, 0.15) is 36.1 Å². The molecule has 0 heterocycles. The molecule has 10 heteroatoms. The van der Waals surface area contributed by atoms with E-state index in [0.717, 1.165) is 25.5 Å². The zero-order chi connectivity index (χ0) is 32.7. The second-order valence-electron chi connectivity index (χ2n) is 11.3. The van der Waals surface area contributed by atoms with Gasteiger partial charge in [-0.25, -0.2) is 8.42 Å². The Morgan fingerprint density at radius 2 is 1.53 bits per heavy atom. The normalized spacial score (nSPS) is 12.1. The number of hydrogen-bond donors (Lipinski definition) is 1. The first-order chi connectivity index (χ1) is 21.3. The van der Waals surface area contributed by atoms with Crippen molar-refractivity contribution in [2.45, 2.75) is 57.6 Å². The Morgan fingerprint density at radius 1 is 0.867 bits per heavy atom. The third-order valence-corrected chi connectivity index (χ3v) is 9.76. The minimum Gasteiger partial charge on any atom is -0.352 e. The largest absolute Gasteiger partial charge is 0.352 e. The molecule has 0 aliphatic heterocycles. The van der Waals surface area contributed by atoms with Crippen molar-refractivity contribution in [3.05, 3.63) is 129 Å². The Morgan fingerprint density at radius 3 is 2.16 bits per heavy atom. The molecule has 0 spiro atoms. The minimum absolute atomic E-state index is 0.0483. The molecule has 4 rings (SSSR count). The topological polar surface area (TPSA) is 86.8 Å². The summed E-state index contributed by atoms with van der Waals surface area (Å²) in [7, 11) is -4.20. The van der Waals surface area contributed by atoms with Crippen LogP contribution in [0.25, 0.3) is 0 Å². The molecular weight excluding hydrogens is 674 g/mol. The predicted molar refractivity (Wildman–Crippen MR) is 184 cm³/mol. The molecule has 4 aromatic carbocycles. The summed E-state index contributed by atoms with van der Waals surface area (Å²) in [6, 6.07) is 27.2. The first-order valence-electron chi connectivity index (χ1n) is 14.6. The molecule has 0 radical (unpaired) electrons. The molecule has 0 saturated carbocycles. The zero-order valence-corrected chi connectivity index (χ0v) is 28.9. The van der Waals surface area contributed by atoms with Crippen LogP contribution >= 0.6 is 27.5 Å². The fourth-order valence-electron chi connectivity index (χ4n) is 5.02. The highest BCUT2D eigenvalue weighted by Gasteiger charge is 2.35. The number of halogens is 2. The van der Waals surface area contributed by atoms with E-state index in [2.05, 4.69) is 21.2 Å². The van der Waals surface area contributed by atoms with Gasteiger partial charge in [-0.1, -0.05) is 87.7 Å². The van der Waals surface area contributed by atoms with E-state index >= 15 is 0 Å². The molecule has 1 atom stereocenters. The SMILES string of the molecule is Cc1ccc(S(=O)(=O)N(CC(=O)N(Cc2cccc(Br)c2)[C@H](Cc2ccccc2)C(=O)NC(C)C)c2ccc(Cl)cc2C)cc1. The lowest BCUT2D eigenvalue weighted by molar-refractivity contribution is -0.140. The Bertz CT molecular complexity index is 1750. The molecule has 7 nitrogen and oxygen atoms in total. The summed E-state index contributed by atoms with van der Waals surface area (Å²) >= 11 is 9.74. The number of carbonyl (C=O) groups is 2.